The topological polar surface area (TPSA) is 79.5 Å². The van der Waals surface area contributed by atoms with Gasteiger partial charge in [0.25, 0.3) is 0 Å². The lowest BCUT2D eigenvalue weighted by atomic mass is 9.86. The van der Waals surface area contributed by atoms with Crippen LogP contribution < -0.4 is 0 Å². The molecule has 2 aromatic carbocycles. The number of rotatable bonds is 20. The van der Waals surface area contributed by atoms with Crippen LogP contribution in [-0.2, 0) is 31.8 Å². The largest absolute Gasteiger partial charge is 0.356 e. The molecule has 0 unspecified atom stereocenters. The molecule has 2 saturated carbocycles. The predicted octanol–water partition coefficient (Wildman–Crippen LogP) is 10.2. The quantitative estimate of drug-likeness (QED) is 0.0571. The van der Waals surface area contributed by atoms with Crippen molar-refractivity contribution in [1.82, 2.24) is 9.80 Å². The van der Waals surface area contributed by atoms with Gasteiger partial charge in [0.05, 0.1) is 12.1 Å². The first-order valence-electron chi connectivity index (χ1n) is 22.0. The molecule has 0 bridgehead atoms. The first-order chi connectivity index (χ1) is 27.0. The van der Waals surface area contributed by atoms with Crippen LogP contribution in [0.4, 0.5) is 0 Å². The lowest BCUT2D eigenvalue weighted by Crippen LogP contribution is -2.54. The molecule has 2 aliphatic carbocycles. The first-order valence-corrected chi connectivity index (χ1v) is 29.4. The normalized spacial score (nSPS) is 23.2. The van der Waals surface area contributed by atoms with Gasteiger partial charge in [-0.15, -0.1) is 4.99 Å². The smallest absolute Gasteiger partial charge is 0.213 e. The van der Waals surface area contributed by atoms with Gasteiger partial charge in [-0.3, -0.25) is 0 Å². The average molecular weight is 803 g/mol. The number of nitriles is 1. The molecule has 10 heteroatoms. The summed E-state index contributed by atoms with van der Waals surface area (Å²) in [5.41, 5.74) is 2.47. The van der Waals surface area contributed by atoms with Crippen molar-refractivity contribution in [1.29, 1.82) is 5.26 Å². The third-order valence-corrected chi connectivity index (χ3v) is 15.6. The van der Waals surface area contributed by atoms with Crippen LogP contribution in [0.2, 0.25) is 51.4 Å². The number of hydrogen-bond acceptors (Lipinski definition) is 6. The second-order valence-electron chi connectivity index (χ2n) is 19.3. The molecule has 1 aliphatic heterocycles. The zero-order chi connectivity index (χ0) is 39.8. The summed E-state index contributed by atoms with van der Waals surface area (Å²) in [6.45, 7) is 17.8. The Bertz CT molecular complexity index is 1360. The first kappa shape index (κ1) is 44.6. The average Bonchev–Trinajstić information content (AvgIpc) is 3.25. The summed E-state index contributed by atoms with van der Waals surface area (Å²) in [6, 6.07) is 23.5. The molecule has 0 amide bonds. The van der Waals surface area contributed by atoms with Gasteiger partial charge in [0, 0.05) is 42.5 Å². The van der Waals surface area contributed by atoms with Gasteiger partial charge in [-0.1, -0.05) is 138 Å². The molecule has 3 fully saturated rings. The lowest BCUT2D eigenvalue weighted by Gasteiger charge is -2.42. The Kier molecular flexibility index (Phi) is 18.0. The van der Waals surface area contributed by atoms with Crippen molar-refractivity contribution in [2.45, 2.75) is 153 Å². The molecular weight excluding hydrogens is 729 g/mol. The van der Waals surface area contributed by atoms with Crippen LogP contribution in [0, 0.1) is 23.3 Å². The Balaban J connectivity index is 1.64. The van der Waals surface area contributed by atoms with Crippen LogP contribution in [-0.4, -0.2) is 96.1 Å². The van der Waals surface area contributed by atoms with E-state index in [1.165, 1.54) is 75.3 Å². The number of ether oxygens (including phenoxy) is 4. The highest BCUT2D eigenvalue weighted by atomic mass is 28.3. The Morgan fingerprint density at radius 2 is 1.00 bits per heavy atom. The lowest BCUT2D eigenvalue weighted by molar-refractivity contribution is -0.188. The van der Waals surface area contributed by atoms with Crippen LogP contribution in [0.1, 0.15) is 75.3 Å². The van der Waals surface area contributed by atoms with Crippen LogP contribution >= 0.6 is 0 Å². The van der Waals surface area contributed by atoms with Gasteiger partial charge >= 0.3 is 0 Å². The van der Waals surface area contributed by atoms with Gasteiger partial charge in [0.1, 0.15) is 25.8 Å². The van der Waals surface area contributed by atoms with E-state index < -0.39 is 16.1 Å². The maximum absolute atomic E-state index is 10.6. The highest BCUT2D eigenvalue weighted by Crippen LogP contribution is 2.36. The SMILES string of the molecule is C[Si](C)(C)CCOCO[C@@H]1[C@@H](OCOCC[Si](C)(C)C)[C@@H](Cc2ccccc2)N(CC2CCCCC2)C(=NC#N)N(CC2CCCCC2)[C@@H]1Cc1ccccc1. The maximum atomic E-state index is 10.6. The molecule has 0 aromatic heterocycles. The zero-order valence-electron chi connectivity index (χ0n) is 35.8. The van der Waals surface area contributed by atoms with Crippen molar-refractivity contribution in [2.24, 2.45) is 16.8 Å². The van der Waals surface area contributed by atoms with Crippen molar-refractivity contribution in [3.05, 3.63) is 71.8 Å². The molecular formula is C46H74N4O4Si2. The van der Waals surface area contributed by atoms with E-state index in [0.29, 0.717) is 25.0 Å². The third-order valence-electron chi connectivity index (χ3n) is 12.2. The fourth-order valence-corrected chi connectivity index (χ4v) is 10.4. The van der Waals surface area contributed by atoms with Crippen molar-refractivity contribution in [2.75, 3.05) is 39.9 Å². The Hall–Kier alpha value is -2.53. The van der Waals surface area contributed by atoms with Crippen molar-refractivity contribution in [3.8, 4) is 6.19 Å². The minimum atomic E-state index is -1.29. The number of aliphatic imine (C=N–C) groups is 1. The second kappa shape index (κ2) is 22.6. The molecule has 1 saturated heterocycles. The molecule has 0 spiro atoms. The predicted molar refractivity (Wildman–Crippen MR) is 235 cm³/mol. The van der Waals surface area contributed by atoms with E-state index in [-0.39, 0.29) is 37.9 Å². The van der Waals surface area contributed by atoms with E-state index in [0.717, 1.165) is 44.0 Å². The summed E-state index contributed by atoms with van der Waals surface area (Å²) < 4.78 is 27.0. The van der Waals surface area contributed by atoms with Crippen molar-refractivity contribution in [3.63, 3.8) is 0 Å². The third kappa shape index (κ3) is 14.7. The van der Waals surface area contributed by atoms with E-state index in [1.54, 1.807) is 0 Å². The standard InChI is InChI=1S/C46H74N4O4Si2/c1-55(2,3)29-27-51-36-53-44-42(31-38-19-11-7-12-20-38)49(33-40-23-15-9-16-24-40)46(48-35-47)50(34-41-25-17-10-18-26-41)43(32-39-21-13-8-14-22-39)45(44)54-37-52-28-30-56(4,5)6/h7-8,11-14,19-22,40-45H,9-10,15-18,23-34,36-37H2,1-6H3/t42-,43-,44+,45+/m1/s1. The minimum absolute atomic E-state index is 0.145. The van der Waals surface area contributed by atoms with Crippen LogP contribution in [0.5, 0.6) is 0 Å². The molecule has 56 heavy (non-hydrogen) atoms. The fraction of sp³-hybridized carbons (Fsp3) is 0.696. The van der Waals surface area contributed by atoms with Gasteiger partial charge in [-0.05, 0) is 73.6 Å². The molecule has 4 atom stereocenters. The van der Waals surface area contributed by atoms with Crippen LogP contribution in [0.15, 0.2) is 65.7 Å². The molecule has 8 nitrogen and oxygen atoms in total. The monoisotopic (exact) mass is 803 g/mol. The molecule has 5 rings (SSSR count). The van der Waals surface area contributed by atoms with E-state index in [9.17, 15) is 5.26 Å². The molecule has 0 radical (unpaired) electrons. The number of guanidine groups is 1. The van der Waals surface area contributed by atoms with Crippen LogP contribution in [0.3, 0.4) is 0 Å². The van der Waals surface area contributed by atoms with Gasteiger partial charge in [-0.2, -0.15) is 5.26 Å². The van der Waals surface area contributed by atoms with Crippen LogP contribution in [0.25, 0.3) is 0 Å². The number of hydrogen-bond donors (Lipinski definition) is 0. The molecule has 310 valence electrons. The number of nitrogens with zero attached hydrogens (tertiary/aromatic N) is 4. The maximum Gasteiger partial charge on any atom is 0.213 e. The highest BCUT2D eigenvalue weighted by Gasteiger charge is 2.49. The Morgan fingerprint density at radius 1 is 0.607 bits per heavy atom. The second-order valence-corrected chi connectivity index (χ2v) is 30.5. The van der Waals surface area contributed by atoms with Crippen molar-refractivity contribution < 1.29 is 18.9 Å². The molecule has 1 heterocycles. The fourth-order valence-electron chi connectivity index (χ4n) is 8.86. The summed E-state index contributed by atoms with van der Waals surface area (Å²) in [4.78, 5) is 9.89. The van der Waals surface area contributed by atoms with E-state index in [4.69, 9.17) is 23.9 Å². The molecule has 3 aliphatic rings. The summed E-state index contributed by atoms with van der Waals surface area (Å²) in [5.74, 6) is 1.83. The van der Waals surface area contributed by atoms with Gasteiger partial charge < -0.3 is 28.7 Å². The Labute approximate surface area is 342 Å². The summed E-state index contributed by atoms with van der Waals surface area (Å²) in [7, 11) is -2.58. The minimum Gasteiger partial charge on any atom is -0.356 e. The van der Waals surface area contributed by atoms with Gasteiger partial charge in [0.2, 0.25) is 12.2 Å². The van der Waals surface area contributed by atoms with E-state index >= 15 is 0 Å². The highest BCUT2D eigenvalue weighted by molar-refractivity contribution is 6.76. The molecule has 2 aromatic rings. The summed E-state index contributed by atoms with van der Waals surface area (Å²) in [5, 5.41) is 10.6. The van der Waals surface area contributed by atoms with Gasteiger partial charge in [-0.25, -0.2) is 0 Å². The van der Waals surface area contributed by atoms with E-state index in [1.807, 2.05) is 0 Å². The summed E-state index contributed by atoms with van der Waals surface area (Å²) >= 11 is 0. The van der Waals surface area contributed by atoms with Crippen molar-refractivity contribution >= 4 is 22.1 Å². The molecule has 0 N–H and O–H groups in total. The Morgan fingerprint density at radius 3 is 1.36 bits per heavy atom. The summed E-state index contributed by atoms with van der Waals surface area (Å²) in [6.07, 6.45) is 15.4. The van der Waals surface area contributed by atoms with Gasteiger partial charge in [0.15, 0.2) is 0 Å². The number of benzene rings is 2. The van der Waals surface area contributed by atoms with E-state index in [2.05, 4.69) is 116 Å². The zero-order valence-corrected chi connectivity index (χ0v) is 37.8.